The van der Waals surface area contributed by atoms with Crippen LogP contribution in [0.1, 0.15) is 0 Å². The Bertz CT molecular complexity index is 683. The summed E-state index contributed by atoms with van der Waals surface area (Å²) < 4.78 is 38.3. The second-order valence-corrected chi connectivity index (χ2v) is 4.71. The number of aromatic nitrogens is 2. The molecule has 1 N–H and O–H groups in total. The maximum atomic E-state index is 12.3. The second-order valence-electron chi connectivity index (χ2n) is 3.75. The van der Waals surface area contributed by atoms with Crippen molar-refractivity contribution < 1.29 is 21.3 Å². The average Bonchev–Trinajstić information content (AvgIpc) is 2.82. The normalized spacial score (nSPS) is 11.1. The van der Waals surface area contributed by atoms with E-state index in [1.807, 2.05) is 0 Å². The van der Waals surface area contributed by atoms with Crippen molar-refractivity contribution in [2.45, 2.75) is 6.54 Å². The van der Waals surface area contributed by atoms with Gasteiger partial charge in [-0.05, 0) is 30.3 Å². The van der Waals surface area contributed by atoms with E-state index in [0.29, 0.717) is 5.69 Å². The third kappa shape index (κ3) is 4.35. The molecule has 1 aromatic heterocycles. The number of rotatable bonds is 5. The van der Waals surface area contributed by atoms with E-state index in [0.717, 1.165) is 0 Å². The Morgan fingerprint density at radius 2 is 2.05 bits per heavy atom. The van der Waals surface area contributed by atoms with Gasteiger partial charge in [0, 0.05) is 18.1 Å². The van der Waals surface area contributed by atoms with E-state index in [1.54, 1.807) is 18.5 Å². The van der Waals surface area contributed by atoms with Crippen LogP contribution in [0.4, 0.5) is 9.57 Å². The van der Waals surface area contributed by atoms with Gasteiger partial charge in [0.05, 0.1) is 0 Å². The molecular formula is C11H10FN3O4S. The number of nitrogens with zero attached hydrogens (tertiary/aromatic N) is 2. The molecule has 2 aromatic rings. The molecule has 0 aliphatic carbocycles. The number of amides is 1. The molecule has 0 fully saturated rings. The average molecular weight is 299 g/mol. The minimum atomic E-state index is -5.05. The Labute approximate surface area is 114 Å². The zero-order chi connectivity index (χ0) is 14.6. The van der Waals surface area contributed by atoms with Crippen molar-refractivity contribution in [2.24, 2.45) is 0 Å². The number of halogens is 1. The highest BCUT2D eigenvalue weighted by Crippen LogP contribution is 2.17. The minimum absolute atomic E-state index is 0.0457. The number of benzene rings is 1. The molecule has 0 saturated carbocycles. The zero-order valence-electron chi connectivity index (χ0n) is 10.1. The second kappa shape index (κ2) is 5.70. The molecule has 1 amide bonds. The SMILES string of the molecule is O=C(Cn1cccn1)Nc1ccc(OS(=O)(=O)F)cc1. The highest BCUT2D eigenvalue weighted by molar-refractivity contribution is 7.81. The van der Waals surface area contributed by atoms with Crippen LogP contribution in [0, 0.1) is 0 Å². The van der Waals surface area contributed by atoms with Gasteiger partial charge in [0.15, 0.2) is 0 Å². The van der Waals surface area contributed by atoms with Crippen LogP contribution < -0.4 is 9.50 Å². The molecule has 0 unspecified atom stereocenters. The first-order chi connectivity index (χ1) is 9.42. The molecule has 9 heteroatoms. The number of hydrogen-bond acceptors (Lipinski definition) is 5. The fraction of sp³-hybridized carbons (Fsp3) is 0.0909. The zero-order valence-corrected chi connectivity index (χ0v) is 10.9. The number of carbonyl (C=O) groups excluding carboxylic acids is 1. The van der Waals surface area contributed by atoms with Gasteiger partial charge >= 0.3 is 10.5 Å². The number of nitrogens with one attached hydrogen (secondary N) is 1. The van der Waals surface area contributed by atoms with Gasteiger partial charge in [-0.25, -0.2) is 0 Å². The van der Waals surface area contributed by atoms with Gasteiger partial charge < -0.3 is 9.50 Å². The summed E-state index contributed by atoms with van der Waals surface area (Å²) in [5, 5.41) is 6.45. The lowest BCUT2D eigenvalue weighted by atomic mass is 10.3. The lowest BCUT2D eigenvalue weighted by molar-refractivity contribution is -0.116. The van der Waals surface area contributed by atoms with Crippen LogP contribution >= 0.6 is 0 Å². The Balaban J connectivity index is 1.95. The maximum absolute atomic E-state index is 12.3. The summed E-state index contributed by atoms with van der Waals surface area (Å²) in [4.78, 5) is 11.6. The molecular weight excluding hydrogens is 289 g/mol. The van der Waals surface area contributed by atoms with E-state index >= 15 is 0 Å². The van der Waals surface area contributed by atoms with Crippen LogP contribution in [-0.2, 0) is 21.8 Å². The van der Waals surface area contributed by atoms with E-state index in [-0.39, 0.29) is 18.2 Å². The van der Waals surface area contributed by atoms with Crippen molar-refractivity contribution in [2.75, 3.05) is 5.32 Å². The largest absolute Gasteiger partial charge is 0.488 e. The standard InChI is InChI=1S/C11H10FN3O4S/c12-20(17,18)19-10-4-2-9(3-5-10)14-11(16)8-15-7-1-6-13-15/h1-7H,8H2,(H,14,16). The molecule has 0 aliphatic rings. The van der Waals surface area contributed by atoms with E-state index < -0.39 is 10.5 Å². The first-order valence-corrected chi connectivity index (χ1v) is 6.75. The number of anilines is 1. The predicted octanol–water partition coefficient (Wildman–Crippen LogP) is 1.11. The summed E-state index contributed by atoms with van der Waals surface area (Å²) in [6.45, 7) is 0.0457. The van der Waals surface area contributed by atoms with Gasteiger partial charge in [-0.1, -0.05) is 3.89 Å². The van der Waals surface area contributed by atoms with Crippen molar-refractivity contribution in [3.63, 3.8) is 0 Å². The van der Waals surface area contributed by atoms with Crippen LogP contribution in [0.5, 0.6) is 5.75 Å². The summed E-state index contributed by atoms with van der Waals surface area (Å²) in [5.74, 6) is -0.488. The van der Waals surface area contributed by atoms with Crippen LogP contribution in [0.25, 0.3) is 0 Å². The van der Waals surface area contributed by atoms with Gasteiger partial charge in [-0.3, -0.25) is 9.48 Å². The maximum Gasteiger partial charge on any atom is 0.488 e. The molecule has 2 rings (SSSR count). The summed E-state index contributed by atoms with van der Waals surface area (Å²) in [6.07, 6.45) is 3.19. The van der Waals surface area contributed by atoms with Gasteiger partial charge in [0.2, 0.25) is 5.91 Å². The molecule has 20 heavy (non-hydrogen) atoms. The molecule has 7 nitrogen and oxygen atoms in total. The molecule has 1 heterocycles. The summed E-state index contributed by atoms with van der Waals surface area (Å²) in [7, 11) is -5.05. The number of carbonyl (C=O) groups is 1. The Kier molecular flexibility index (Phi) is 3.99. The van der Waals surface area contributed by atoms with Crippen molar-refractivity contribution in [3.05, 3.63) is 42.7 Å². The third-order valence-electron chi connectivity index (χ3n) is 2.20. The fourth-order valence-corrected chi connectivity index (χ4v) is 1.79. The summed E-state index contributed by atoms with van der Waals surface area (Å²) >= 11 is 0. The Morgan fingerprint density at radius 1 is 1.35 bits per heavy atom. The predicted molar refractivity (Wildman–Crippen MR) is 68.0 cm³/mol. The molecule has 0 atom stereocenters. The van der Waals surface area contributed by atoms with E-state index in [1.165, 1.54) is 28.9 Å². The first-order valence-electron chi connectivity index (χ1n) is 5.44. The van der Waals surface area contributed by atoms with E-state index in [2.05, 4.69) is 14.6 Å². The van der Waals surface area contributed by atoms with Gasteiger partial charge in [0.25, 0.3) is 0 Å². The molecule has 0 bridgehead atoms. The van der Waals surface area contributed by atoms with Crippen molar-refractivity contribution >= 4 is 22.1 Å². The fourth-order valence-electron chi connectivity index (χ4n) is 1.45. The van der Waals surface area contributed by atoms with Gasteiger partial charge in [-0.2, -0.15) is 13.5 Å². The van der Waals surface area contributed by atoms with Crippen molar-refractivity contribution in [3.8, 4) is 5.75 Å². The van der Waals surface area contributed by atoms with Gasteiger partial charge in [-0.15, -0.1) is 0 Å². The molecule has 106 valence electrons. The van der Waals surface area contributed by atoms with E-state index in [4.69, 9.17) is 0 Å². The highest BCUT2D eigenvalue weighted by atomic mass is 32.3. The smallest absolute Gasteiger partial charge is 0.358 e. The molecule has 0 spiro atoms. The van der Waals surface area contributed by atoms with Crippen molar-refractivity contribution in [1.82, 2.24) is 9.78 Å². The Hall–Kier alpha value is -2.42. The minimum Gasteiger partial charge on any atom is -0.358 e. The monoisotopic (exact) mass is 299 g/mol. The third-order valence-corrected chi connectivity index (χ3v) is 2.59. The van der Waals surface area contributed by atoms with Crippen molar-refractivity contribution in [1.29, 1.82) is 0 Å². The van der Waals surface area contributed by atoms with E-state index in [9.17, 15) is 17.1 Å². The van der Waals surface area contributed by atoms with Crippen LogP contribution in [0.15, 0.2) is 42.7 Å². The van der Waals surface area contributed by atoms with Crippen LogP contribution in [0.3, 0.4) is 0 Å². The summed E-state index contributed by atoms with van der Waals surface area (Å²) in [5.41, 5.74) is 0.422. The van der Waals surface area contributed by atoms with Gasteiger partial charge in [0.1, 0.15) is 12.3 Å². The number of hydrogen-bond donors (Lipinski definition) is 1. The molecule has 1 aromatic carbocycles. The van der Waals surface area contributed by atoms with Crippen LogP contribution in [-0.4, -0.2) is 24.1 Å². The molecule has 0 radical (unpaired) electrons. The summed E-state index contributed by atoms with van der Waals surface area (Å²) in [6, 6.07) is 6.92. The molecule has 0 saturated heterocycles. The Morgan fingerprint density at radius 3 is 2.60 bits per heavy atom. The lowest BCUT2D eigenvalue weighted by Crippen LogP contribution is -2.18. The quantitative estimate of drug-likeness (QED) is 0.835. The molecule has 0 aliphatic heterocycles. The van der Waals surface area contributed by atoms with Crippen LogP contribution in [0.2, 0.25) is 0 Å². The first kappa shape index (κ1) is 14.0. The lowest BCUT2D eigenvalue weighted by Gasteiger charge is -2.06. The highest BCUT2D eigenvalue weighted by Gasteiger charge is 2.09. The topological polar surface area (TPSA) is 90.3 Å².